The van der Waals surface area contributed by atoms with Gasteiger partial charge in [0.25, 0.3) is 0 Å². The Morgan fingerprint density at radius 1 is 1.05 bits per heavy atom. The maximum atomic E-state index is 10.5. The van der Waals surface area contributed by atoms with E-state index in [0.717, 1.165) is 29.8 Å². The van der Waals surface area contributed by atoms with Gasteiger partial charge in [0.15, 0.2) is 0 Å². The molecular formula is C16H22N4O. The minimum atomic E-state index is -0.986. The highest BCUT2D eigenvalue weighted by molar-refractivity contribution is 5.29. The molecule has 5 nitrogen and oxygen atoms in total. The first-order chi connectivity index (χ1) is 10.1. The highest BCUT2D eigenvalue weighted by Gasteiger charge is 2.23. The van der Waals surface area contributed by atoms with Crippen LogP contribution in [0.3, 0.4) is 0 Å². The Hall–Kier alpha value is -2.01. The lowest BCUT2D eigenvalue weighted by atomic mass is 9.96. The van der Waals surface area contributed by atoms with Crippen LogP contribution in [-0.4, -0.2) is 26.8 Å². The Morgan fingerprint density at radius 2 is 1.71 bits per heavy atom. The molecule has 0 saturated carbocycles. The molecule has 21 heavy (non-hydrogen) atoms. The SMILES string of the molecule is CCc1nnc(NCC(C)(O)c2ccccc2)nc1CC. The van der Waals surface area contributed by atoms with Crippen molar-refractivity contribution in [1.29, 1.82) is 0 Å². The number of hydrogen-bond donors (Lipinski definition) is 2. The van der Waals surface area contributed by atoms with Gasteiger partial charge in [-0.1, -0.05) is 44.2 Å². The van der Waals surface area contributed by atoms with Crippen LogP contribution in [0.4, 0.5) is 5.95 Å². The average Bonchev–Trinajstić information content (AvgIpc) is 2.53. The second-order valence-electron chi connectivity index (χ2n) is 5.23. The number of nitrogens with zero attached hydrogens (tertiary/aromatic N) is 3. The van der Waals surface area contributed by atoms with Gasteiger partial charge in [-0.3, -0.25) is 0 Å². The molecule has 0 aliphatic carbocycles. The van der Waals surface area contributed by atoms with E-state index in [-0.39, 0.29) is 0 Å². The van der Waals surface area contributed by atoms with Gasteiger partial charge in [-0.2, -0.15) is 5.10 Å². The number of aliphatic hydroxyl groups is 1. The highest BCUT2D eigenvalue weighted by atomic mass is 16.3. The molecule has 2 N–H and O–H groups in total. The van der Waals surface area contributed by atoms with E-state index in [2.05, 4.69) is 20.5 Å². The summed E-state index contributed by atoms with van der Waals surface area (Å²) in [5, 5.41) is 21.9. The zero-order valence-corrected chi connectivity index (χ0v) is 12.8. The van der Waals surface area contributed by atoms with Crippen LogP contribution < -0.4 is 5.32 Å². The molecule has 0 spiro atoms. The Kier molecular flexibility index (Phi) is 4.85. The molecule has 0 amide bonds. The maximum Gasteiger partial charge on any atom is 0.243 e. The number of aromatic nitrogens is 3. The van der Waals surface area contributed by atoms with Gasteiger partial charge in [-0.15, -0.1) is 5.10 Å². The molecule has 0 aliphatic heterocycles. The first-order valence-electron chi connectivity index (χ1n) is 7.31. The van der Waals surface area contributed by atoms with E-state index in [0.29, 0.717) is 12.5 Å². The number of rotatable bonds is 6. The van der Waals surface area contributed by atoms with E-state index in [4.69, 9.17) is 0 Å². The van der Waals surface area contributed by atoms with Crippen LogP contribution in [0.5, 0.6) is 0 Å². The van der Waals surface area contributed by atoms with Crippen LogP contribution in [0, 0.1) is 0 Å². The van der Waals surface area contributed by atoms with Gasteiger partial charge >= 0.3 is 0 Å². The van der Waals surface area contributed by atoms with Crippen LogP contribution in [-0.2, 0) is 18.4 Å². The smallest absolute Gasteiger partial charge is 0.243 e. The van der Waals surface area contributed by atoms with Crippen molar-refractivity contribution >= 4 is 5.95 Å². The summed E-state index contributed by atoms with van der Waals surface area (Å²) < 4.78 is 0. The summed E-state index contributed by atoms with van der Waals surface area (Å²) in [6.45, 7) is 6.18. The standard InChI is InChI=1S/C16H22N4O/c1-4-13-14(5-2)19-20-15(18-13)17-11-16(3,21)12-9-7-6-8-10-12/h6-10,21H,4-5,11H2,1-3H3,(H,17,18,20). The van der Waals surface area contributed by atoms with Crippen molar-refractivity contribution in [2.24, 2.45) is 0 Å². The zero-order chi connectivity index (χ0) is 15.3. The van der Waals surface area contributed by atoms with Crippen molar-refractivity contribution in [2.45, 2.75) is 39.2 Å². The summed E-state index contributed by atoms with van der Waals surface area (Å²) in [5.41, 5.74) is 1.75. The molecule has 0 saturated heterocycles. The third-order valence-corrected chi connectivity index (χ3v) is 3.50. The summed E-state index contributed by atoms with van der Waals surface area (Å²) in [6.07, 6.45) is 1.65. The van der Waals surface area contributed by atoms with Crippen LogP contribution >= 0.6 is 0 Å². The quantitative estimate of drug-likeness (QED) is 0.852. The van der Waals surface area contributed by atoms with Crippen molar-refractivity contribution < 1.29 is 5.11 Å². The fraction of sp³-hybridized carbons (Fsp3) is 0.438. The molecule has 2 rings (SSSR count). The van der Waals surface area contributed by atoms with Crippen molar-refractivity contribution in [2.75, 3.05) is 11.9 Å². The third-order valence-electron chi connectivity index (χ3n) is 3.50. The predicted octanol–water partition coefficient (Wildman–Crippen LogP) is 2.32. The van der Waals surface area contributed by atoms with Crippen molar-refractivity contribution in [1.82, 2.24) is 15.2 Å². The van der Waals surface area contributed by atoms with Crippen LogP contribution in [0.15, 0.2) is 30.3 Å². The summed E-state index contributed by atoms with van der Waals surface area (Å²) in [6, 6.07) is 9.55. The average molecular weight is 286 g/mol. The number of nitrogens with one attached hydrogen (secondary N) is 1. The second kappa shape index (κ2) is 6.63. The van der Waals surface area contributed by atoms with E-state index in [9.17, 15) is 5.11 Å². The normalized spacial score (nSPS) is 13.7. The van der Waals surface area contributed by atoms with Crippen molar-refractivity contribution in [3.8, 4) is 0 Å². The van der Waals surface area contributed by atoms with Gasteiger partial charge in [0.2, 0.25) is 5.95 Å². The molecule has 1 aromatic heterocycles. The van der Waals surface area contributed by atoms with Crippen LogP contribution in [0.25, 0.3) is 0 Å². The molecule has 2 aromatic rings. The summed E-state index contributed by atoms with van der Waals surface area (Å²) in [7, 11) is 0. The number of benzene rings is 1. The molecule has 1 atom stereocenters. The second-order valence-corrected chi connectivity index (χ2v) is 5.23. The van der Waals surface area contributed by atoms with Gasteiger partial charge in [-0.05, 0) is 25.3 Å². The largest absolute Gasteiger partial charge is 0.384 e. The van der Waals surface area contributed by atoms with Gasteiger partial charge in [0.1, 0.15) is 5.60 Å². The van der Waals surface area contributed by atoms with E-state index in [1.165, 1.54) is 0 Å². The minimum Gasteiger partial charge on any atom is -0.384 e. The minimum absolute atomic E-state index is 0.327. The molecular weight excluding hydrogens is 264 g/mol. The Labute approximate surface area is 125 Å². The molecule has 0 bridgehead atoms. The highest BCUT2D eigenvalue weighted by Crippen LogP contribution is 2.20. The molecule has 1 heterocycles. The lowest BCUT2D eigenvalue weighted by Gasteiger charge is -2.24. The topological polar surface area (TPSA) is 70.9 Å². The lowest BCUT2D eigenvalue weighted by Crippen LogP contribution is -2.31. The Balaban J connectivity index is 2.09. The van der Waals surface area contributed by atoms with Gasteiger partial charge in [-0.25, -0.2) is 4.98 Å². The number of aryl methyl sites for hydroxylation is 2. The first kappa shape index (κ1) is 15.4. The van der Waals surface area contributed by atoms with Crippen LogP contribution in [0.1, 0.15) is 37.7 Å². The third kappa shape index (κ3) is 3.76. The van der Waals surface area contributed by atoms with E-state index >= 15 is 0 Å². The molecule has 0 aliphatic rings. The molecule has 0 fully saturated rings. The lowest BCUT2D eigenvalue weighted by molar-refractivity contribution is 0.0713. The van der Waals surface area contributed by atoms with Crippen molar-refractivity contribution in [3.63, 3.8) is 0 Å². The molecule has 1 aromatic carbocycles. The number of hydrogen-bond acceptors (Lipinski definition) is 5. The van der Waals surface area contributed by atoms with Gasteiger partial charge < -0.3 is 10.4 Å². The monoisotopic (exact) mass is 286 g/mol. The summed E-state index contributed by atoms with van der Waals surface area (Å²) >= 11 is 0. The molecule has 1 unspecified atom stereocenters. The first-order valence-corrected chi connectivity index (χ1v) is 7.31. The zero-order valence-electron chi connectivity index (χ0n) is 12.8. The molecule has 5 heteroatoms. The van der Waals surface area contributed by atoms with E-state index < -0.39 is 5.60 Å². The van der Waals surface area contributed by atoms with E-state index in [1.54, 1.807) is 6.92 Å². The van der Waals surface area contributed by atoms with E-state index in [1.807, 2.05) is 44.2 Å². The van der Waals surface area contributed by atoms with Crippen LogP contribution in [0.2, 0.25) is 0 Å². The van der Waals surface area contributed by atoms with Gasteiger partial charge in [0, 0.05) is 0 Å². The Bertz CT molecular complexity index is 584. The summed E-state index contributed by atoms with van der Waals surface area (Å²) in [5.74, 6) is 0.459. The fourth-order valence-electron chi connectivity index (χ4n) is 2.16. The van der Waals surface area contributed by atoms with Crippen molar-refractivity contribution in [3.05, 3.63) is 47.3 Å². The predicted molar refractivity (Wildman–Crippen MR) is 83.1 cm³/mol. The molecule has 112 valence electrons. The number of anilines is 1. The van der Waals surface area contributed by atoms with Gasteiger partial charge in [0.05, 0.1) is 17.9 Å². The molecule has 0 radical (unpaired) electrons. The Morgan fingerprint density at radius 3 is 2.33 bits per heavy atom. The maximum absolute atomic E-state index is 10.5. The fourth-order valence-corrected chi connectivity index (χ4v) is 2.16. The summed E-state index contributed by atoms with van der Waals surface area (Å²) in [4.78, 5) is 4.46.